The average molecular weight is 412 g/mol. The number of nitrogens with one attached hydrogen (secondary N) is 1. The molecule has 3 rings (SSSR count). The minimum absolute atomic E-state index is 0.0664. The van der Waals surface area contributed by atoms with Crippen LogP contribution >= 0.6 is 0 Å². The van der Waals surface area contributed by atoms with Crippen molar-refractivity contribution in [2.75, 3.05) is 27.9 Å². The van der Waals surface area contributed by atoms with Crippen molar-refractivity contribution in [1.82, 2.24) is 10.2 Å². The summed E-state index contributed by atoms with van der Waals surface area (Å²) in [6.07, 6.45) is 0.724. The molecule has 2 aromatic carbocycles. The van der Waals surface area contributed by atoms with Gasteiger partial charge in [0.2, 0.25) is 0 Å². The van der Waals surface area contributed by atoms with Crippen molar-refractivity contribution in [3.8, 4) is 11.5 Å². The van der Waals surface area contributed by atoms with E-state index in [0.717, 1.165) is 16.7 Å². The topological polar surface area (TPSA) is 77.1 Å². The number of urea groups is 1. The van der Waals surface area contributed by atoms with Crippen molar-refractivity contribution in [2.24, 2.45) is 0 Å². The molecule has 7 heteroatoms. The summed E-state index contributed by atoms with van der Waals surface area (Å²) in [5.41, 5.74) is 4.08. The minimum Gasteiger partial charge on any atom is -0.493 e. The van der Waals surface area contributed by atoms with Gasteiger partial charge in [0.25, 0.3) is 0 Å². The molecule has 1 atom stereocenters. The SMILES string of the molecule is COC(=O)C[C@H]1c2cc(OC)c(OC)cc2CCN1C(=O)NCc1ccc(C)cc1. The molecule has 0 saturated heterocycles. The van der Waals surface area contributed by atoms with E-state index in [-0.39, 0.29) is 18.4 Å². The van der Waals surface area contributed by atoms with Crippen LogP contribution in [0.2, 0.25) is 0 Å². The molecule has 0 aromatic heterocycles. The zero-order valence-electron chi connectivity index (χ0n) is 17.9. The number of amides is 2. The number of carbonyl (C=O) groups excluding carboxylic acids is 2. The number of hydrogen-bond donors (Lipinski definition) is 1. The van der Waals surface area contributed by atoms with Crippen LogP contribution in [0.1, 0.15) is 34.7 Å². The Hall–Kier alpha value is -3.22. The Bertz CT molecular complexity index is 911. The lowest BCUT2D eigenvalue weighted by molar-refractivity contribution is -0.141. The van der Waals surface area contributed by atoms with Gasteiger partial charge in [-0.05, 0) is 42.2 Å². The summed E-state index contributed by atoms with van der Waals surface area (Å²) in [5.74, 6) is 0.817. The van der Waals surface area contributed by atoms with Crippen molar-refractivity contribution >= 4 is 12.0 Å². The van der Waals surface area contributed by atoms with Crippen LogP contribution in [0.3, 0.4) is 0 Å². The molecule has 160 valence electrons. The van der Waals surface area contributed by atoms with E-state index in [9.17, 15) is 9.59 Å². The number of esters is 1. The summed E-state index contributed by atoms with van der Waals surface area (Å²) >= 11 is 0. The number of fused-ring (bicyclic) bond motifs is 1. The zero-order chi connectivity index (χ0) is 21.7. The van der Waals surface area contributed by atoms with E-state index in [0.29, 0.717) is 31.0 Å². The fourth-order valence-electron chi connectivity index (χ4n) is 3.72. The maximum atomic E-state index is 13.0. The number of benzene rings is 2. The molecule has 2 amide bonds. The highest BCUT2D eigenvalue weighted by atomic mass is 16.5. The van der Waals surface area contributed by atoms with Gasteiger partial charge in [-0.2, -0.15) is 0 Å². The lowest BCUT2D eigenvalue weighted by atomic mass is 9.90. The first kappa shape index (κ1) is 21.5. The molecule has 30 heavy (non-hydrogen) atoms. The van der Waals surface area contributed by atoms with Gasteiger partial charge in [0.05, 0.1) is 33.8 Å². The van der Waals surface area contributed by atoms with Crippen LogP contribution in [-0.4, -0.2) is 44.8 Å². The summed E-state index contributed by atoms with van der Waals surface area (Å²) < 4.78 is 15.7. The lowest BCUT2D eigenvalue weighted by Crippen LogP contribution is -2.46. The third kappa shape index (κ3) is 4.67. The third-order valence-electron chi connectivity index (χ3n) is 5.42. The Balaban J connectivity index is 1.85. The summed E-state index contributed by atoms with van der Waals surface area (Å²) in [5, 5.41) is 2.97. The molecule has 1 N–H and O–H groups in total. The second kappa shape index (κ2) is 9.52. The number of hydrogen-bond acceptors (Lipinski definition) is 5. The first-order chi connectivity index (χ1) is 14.5. The van der Waals surface area contributed by atoms with E-state index >= 15 is 0 Å². The highest BCUT2D eigenvalue weighted by Gasteiger charge is 2.34. The Morgan fingerprint density at radius 1 is 1.07 bits per heavy atom. The van der Waals surface area contributed by atoms with Gasteiger partial charge in [-0.25, -0.2) is 4.79 Å². The molecule has 2 aromatic rings. The van der Waals surface area contributed by atoms with E-state index < -0.39 is 6.04 Å². The summed E-state index contributed by atoms with van der Waals surface area (Å²) in [6.45, 7) is 2.93. The summed E-state index contributed by atoms with van der Waals surface area (Å²) in [7, 11) is 4.50. The standard InChI is InChI=1S/C23H28N2O5/c1-15-5-7-16(8-6-15)14-24-23(27)25-10-9-17-11-20(28-2)21(29-3)12-18(17)19(25)13-22(26)30-4/h5-8,11-12,19H,9-10,13-14H2,1-4H3,(H,24,27)/t19-/m0/s1. The molecule has 0 spiro atoms. The summed E-state index contributed by atoms with van der Waals surface area (Å²) in [4.78, 5) is 26.8. The van der Waals surface area contributed by atoms with Gasteiger partial charge in [0.1, 0.15) is 0 Å². The number of aryl methyl sites for hydroxylation is 1. The monoisotopic (exact) mass is 412 g/mol. The molecular weight excluding hydrogens is 384 g/mol. The van der Waals surface area contributed by atoms with Crippen molar-refractivity contribution in [3.05, 3.63) is 58.7 Å². The van der Waals surface area contributed by atoms with E-state index in [1.165, 1.54) is 12.7 Å². The maximum Gasteiger partial charge on any atom is 0.318 e. The van der Waals surface area contributed by atoms with Crippen LogP contribution < -0.4 is 14.8 Å². The van der Waals surface area contributed by atoms with Gasteiger partial charge < -0.3 is 24.4 Å². The number of carbonyl (C=O) groups is 2. The molecule has 0 bridgehead atoms. The molecular formula is C23H28N2O5. The highest BCUT2D eigenvalue weighted by Crippen LogP contribution is 2.39. The fraction of sp³-hybridized carbons (Fsp3) is 0.391. The van der Waals surface area contributed by atoms with Crippen molar-refractivity contribution in [2.45, 2.75) is 32.4 Å². The van der Waals surface area contributed by atoms with Crippen LogP contribution in [0.4, 0.5) is 4.79 Å². The molecule has 1 aliphatic heterocycles. The van der Waals surface area contributed by atoms with Crippen LogP contribution in [0.25, 0.3) is 0 Å². The molecule has 0 unspecified atom stereocenters. The zero-order valence-corrected chi connectivity index (χ0v) is 17.9. The largest absolute Gasteiger partial charge is 0.493 e. The lowest BCUT2D eigenvalue weighted by Gasteiger charge is -2.37. The van der Waals surface area contributed by atoms with Crippen LogP contribution in [0.15, 0.2) is 36.4 Å². The Kier molecular flexibility index (Phi) is 6.82. The molecule has 1 aliphatic rings. The molecule has 7 nitrogen and oxygen atoms in total. The molecule has 0 saturated carbocycles. The van der Waals surface area contributed by atoms with E-state index in [1.807, 2.05) is 43.3 Å². The van der Waals surface area contributed by atoms with Gasteiger partial charge >= 0.3 is 12.0 Å². The smallest absolute Gasteiger partial charge is 0.318 e. The molecule has 1 heterocycles. The second-order valence-corrected chi connectivity index (χ2v) is 7.29. The predicted molar refractivity (Wildman–Crippen MR) is 113 cm³/mol. The van der Waals surface area contributed by atoms with Crippen molar-refractivity contribution in [1.29, 1.82) is 0 Å². The van der Waals surface area contributed by atoms with E-state index in [1.54, 1.807) is 19.1 Å². The Labute approximate surface area is 176 Å². The second-order valence-electron chi connectivity index (χ2n) is 7.29. The first-order valence-corrected chi connectivity index (χ1v) is 9.88. The first-order valence-electron chi connectivity index (χ1n) is 9.88. The Morgan fingerprint density at radius 2 is 1.73 bits per heavy atom. The van der Waals surface area contributed by atoms with Gasteiger partial charge in [0.15, 0.2) is 11.5 Å². The van der Waals surface area contributed by atoms with Crippen molar-refractivity contribution in [3.63, 3.8) is 0 Å². The highest BCUT2D eigenvalue weighted by molar-refractivity contribution is 5.77. The molecule has 0 radical (unpaired) electrons. The Morgan fingerprint density at radius 3 is 2.37 bits per heavy atom. The van der Waals surface area contributed by atoms with Gasteiger partial charge in [0, 0.05) is 13.1 Å². The van der Waals surface area contributed by atoms with Gasteiger partial charge in [-0.3, -0.25) is 4.79 Å². The van der Waals surface area contributed by atoms with Crippen LogP contribution in [0, 0.1) is 6.92 Å². The number of nitrogens with zero attached hydrogens (tertiary/aromatic N) is 1. The quantitative estimate of drug-likeness (QED) is 0.736. The average Bonchev–Trinajstić information content (AvgIpc) is 2.77. The third-order valence-corrected chi connectivity index (χ3v) is 5.42. The number of rotatable bonds is 6. The number of methoxy groups -OCH3 is 3. The molecule has 0 fully saturated rings. The van der Waals surface area contributed by atoms with Gasteiger partial charge in [-0.1, -0.05) is 29.8 Å². The summed E-state index contributed by atoms with van der Waals surface area (Å²) in [6, 6.07) is 11.1. The van der Waals surface area contributed by atoms with Crippen LogP contribution in [-0.2, 0) is 22.5 Å². The van der Waals surface area contributed by atoms with Crippen LogP contribution in [0.5, 0.6) is 11.5 Å². The normalized spacial score (nSPS) is 15.2. The predicted octanol–water partition coefficient (Wildman–Crippen LogP) is 3.38. The maximum absolute atomic E-state index is 13.0. The van der Waals surface area contributed by atoms with Crippen molar-refractivity contribution < 1.29 is 23.8 Å². The molecule has 0 aliphatic carbocycles. The number of ether oxygens (including phenoxy) is 3. The minimum atomic E-state index is -0.445. The fourth-order valence-corrected chi connectivity index (χ4v) is 3.72. The van der Waals surface area contributed by atoms with E-state index in [2.05, 4.69) is 5.32 Å². The van der Waals surface area contributed by atoms with Gasteiger partial charge in [-0.15, -0.1) is 0 Å². The van der Waals surface area contributed by atoms with E-state index in [4.69, 9.17) is 14.2 Å².